The van der Waals surface area contributed by atoms with Gasteiger partial charge in [0.15, 0.2) is 11.6 Å². The molecule has 0 spiro atoms. The summed E-state index contributed by atoms with van der Waals surface area (Å²) in [5, 5.41) is 15.5. The van der Waals surface area contributed by atoms with Crippen LogP contribution in [0.4, 0.5) is 10.1 Å². The number of hydrogen-bond acceptors (Lipinski definition) is 6. The number of rotatable bonds is 6. The molecule has 1 aromatic carbocycles. The van der Waals surface area contributed by atoms with Crippen LogP contribution in [0, 0.1) is 15.9 Å². The van der Waals surface area contributed by atoms with Gasteiger partial charge in [0.05, 0.1) is 11.0 Å². The zero-order chi connectivity index (χ0) is 15.5. The first-order valence-electron chi connectivity index (χ1n) is 5.41. The molecule has 0 aliphatic carbocycles. The zero-order valence-electron chi connectivity index (χ0n) is 10.9. The van der Waals surface area contributed by atoms with Gasteiger partial charge in [-0.15, -0.1) is 0 Å². The highest BCUT2D eigenvalue weighted by atomic mass is 32.2. The molecule has 1 rings (SSSR count). The minimum absolute atomic E-state index is 0.00422. The summed E-state index contributed by atoms with van der Waals surface area (Å²) in [7, 11) is -0.853. The van der Waals surface area contributed by atoms with Crippen LogP contribution in [0.15, 0.2) is 17.0 Å². The van der Waals surface area contributed by atoms with Crippen molar-refractivity contribution in [2.45, 2.75) is 4.90 Å². The van der Waals surface area contributed by atoms with Gasteiger partial charge in [0, 0.05) is 12.6 Å². The SMILES string of the molecule is CN(C)CCOc1c(F)cc([N+](=O)[O-])cc1S(N)(=O)=O. The van der Waals surface area contributed by atoms with Crippen LogP contribution in [-0.4, -0.2) is 45.5 Å². The number of primary sulfonamides is 1. The molecule has 0 unspecified atom stereocenters. The van der Waals surface area contributed by atoms with Gasteiger partial charge in [-0.3, -0.25) is 10.1 Å². The smallest absolute Gasteiger partial charge is 0.274 e. The largest absolute Gasteiger partial charge is 0.488 e. The van der Waals surface area contributed by atoms with Gasteiger partial charge in [-0.1, -0.05) is 0 Å². The van der Waals surface area contributed by atoms with Crippen molar-refractivity contribution in [2.24, 2.45) is 5.14 Å². The van der Waals surface area contributed by atoms with Gasteiger partial charge in [0.2, 0.25) is 10.0 Å². The van der Waals surface area contributed by atoms with E-state index >= 15 is 0 Å². The number of sulfonamides is 1. The summed E-state index contributed by atoms with van der Waals surface area (Å²) in [6, 6.07) is 1.25. The molecule has 8 nitrogen and oxygen atoms in total. The Hall–Kier alpha value is -1.78. The number of nitrogens with two attached hydrogens (primary N) is 1. The van der Waals surface area contributed by atoms with Crippen molar-refractivity contribution in [1.29, 1.82) is 0 Å². The third-order valence-electron chi connectivity index (χ3n) is 2.30. The minimum atomic E-state index is -4.35. The van der Waals surface area contributed by atoms with Crippen molar-refractivity contribution in [1.82, 2.24) is 4.90 Å². The summed E-state index contributed by atoms with van der Waals surface area (Å²) in [5.41, 5.74) is -0.716. The Morgan fingerprint density at radius 2 is 2.05 bits per heavy atom. The lowest BCUT2D eigenvalue weighted by Gasteiger charge is -2.13. The lowest BCUT2D eigenvalue weighted by molar-refractivity contribution is -0.385. The molecular formula is C10H14FN3O5S. The molecule has 0 heterocycles. The van der Waals surface area contributed by atoms with Crippen molar-refractivity contribution < 1.29 is 22.5 Å². The van der Waals surface area contributed by atoms with Crippen LogP contribution in [0.1, 0.15) is 0 Å². The molecule has 0 saturated carbocycles. The fourth-order valence-corrected chi connectivity index (χ4v) is 2.04. The molecule has 0 atom stereocenters. The molecule has 0 aromatic heterocycles. The topological polar surface area (TPSA) is 116 Å². The van der Waals surface area contributed by atoms with E-state index in [9.17, 15) is 22.9 Å². The van der Waals surface area contributed by atoms with E-state index in [2.05, 4.69) is 0 Å². The van der Waals surface area contributed by atoms with E-state index in [4.69, 9.17) is 9.88 Å². The predicted molar refractivity (Wildman–Crippen MR) is 68.5 cm³/mol. The zero-order valence-corrected chi connectivity index (χ0v) is 11.7. The van der Waals surface area contributed by atoms with Crippen LogP contribution in [0.5, 0.6) is 5.75 Å². The summed E-state index contributed by atoms with van der Waals surface area (Å²) in [6.07, 6.45) is 0. The number of nitro groups is 1. The second-order valence-corrected chi connectivity index (χ2v) is 5.74. The van der Waals surface area contributed by atoms with E-state index in [0.717, 1.165) is 0 Å². The Labute approximate surface area is 115 Å². The molecule has 0 radical (unpaired) electrons. The van der Waals surface area contributed by atoms with E-state index in [0.29, 0.717) is 18.7 Å². The summed E-state index contributed by atoms with van der Waals surface area (Å²) in [4.78, 5) is 10.7. The van der Waals surface area contributed by atoms with Crippen LogP contribution >= 0.6 is 0 Å². The number of halogens is 1. The van der Waals surface area contributed by atoms with Gasteiger partial charge < -0.3 is 9.64 Å². The standard InChI is InChI=1S/C10H14FN3O5S/c1-13(2)3-4-19-10-8(11)5-7(14(15)16)6-9(10)20(12,17)18/h5-6H,3-4H2,1-2H3,(H2,12,17,18). The number of hydrogen-bond donors (Lipinski definition) is 1. The summed E-state index contributed by atoms with van der Waals surface area (Å²) >= 11 is 0. The Bertz CT molecular complexity index is 618. The first-order chi connectivity index (χ1) is 9.12. The number of nitrogens with zero attached hydrogens (tertiary/aromatic N) is 2. The lowest BCUT2D eigenvalue weighted by Crippen LogP contribution is -2.21. The Morgan fingerprint density at radius 1 is 1.45 bits per heavy atom. The highest BCUT2D eigenvalue weighted by molar-refractivity contribution is 7.89. The van der Waals surface area contributed by atoms with Gasteiger partial charge in [-0.2, -0.15) is 0 Å². The lowest BCUT2D eigenvalue weighted by atomic mass is 10.3. The molecule has 112 valence electrons. The molecular weight excluding hydrogens is 293 g/mol. The van der Waals surface area contributed by atoms with E-state index < -0.39 is 37.1 Å². The molecule has 2 N–H and O–H groups in total. The molecule has 20 heavy (non-hydrogen) atoms. The fraction of sp³-hybridized carbons (Fsp3) is 0.400. The quantitative estimate of drug-likeness (QED) is 0.597. The molecule has 0 aliphatic heterocycles. The summed E-state index contributed by atoms with van der Waals surface area (Å²) < 4.78 is 41.6. The maximum Gasteiger partial charge on any atom is 0.274 e. The van der Waals surface area contributed by atoms with Gasteiger partial charge in [-0.25, -0.2) is 17.9 Å². The average Bonchev–Trinajstić information content (AvgIpc) is 2.28. The predicted octanol–water partition coefficient (Wildman–Crippen LogP) is 0.322. The number of benzene rings is 1. The van der Waals surface area contributed by atoms with E-state index in [1.807, 2.05) is 0 Å². The molecule has 10 heteroatoms. The van der Waals surface area contributed by atoms with Crippen LogP contribution in [0.2, 0.25) is 0 Å². The first-order valence-corrected chi connectivity index (χ1v) is 6.96. The van der Waals surface area contributed by atoms with Gasteiger partial charge in [0.25, 0.3) is 5.69 Å². The van der Waals surface area contributed by atoms with Crippen molar-refractivity contribution in [3.05, 3.63) is 28.1 Å². The van der Waals surface area contributed by atoms with Gasteiger partial charge in [0.1, 0.15) is 11.5 Å². The van der Waals surface area contributed by atoms with Gasteiger partial charge in [-0.05, 0) is 14.1 Å². The van der Waals surface area contributed by atoms with Crippen molar-refractivity contribution in [3.63, 3.8) is 0 Å². The van der Waals surface area contributed by atoms with Crippen molar-refractivity contribution >= 4 is 15.7 Å². The van der Waals surface area contributed by atoms with Crippen molar-refractivity contribution in [3.8, 4) is 5.75 Å². The molecule has 0 amide bonds. The molecule has 0 fully saturated rings. The third-order valence-corrected chi connectivity index (χ3v) is 3.21. The minimum Gasteiger partial charge on any atom is -0.488 e. The number of non-ortho nitro benzene ring substituents is 1. The van der Waals surface area contributed by atoms with Crippen molar-refractivity contribution in [2.75, 3.05) is 27.2 Å². The Morgan fingerprint density at radius 3 is 2.50 bits per heavy atom. The first kappa shape index (κ1) is 16.3. The number of nitro benzene ring substituents is 1. The van der Waals surface area contributed by atoms with Crippen LogP contribution in [0.3, 0.4) is 0 Å². The van der Waals surface area contributed by atoms with Crippen LogP contribution in [0.25, 0.3) is 0 Å². The Balaban J connectivity index is 3.24. The fourth-order valence-electron chi connectivity index (χ4n) is 1.34. The number of ether oxygens (including phenoxy) is 1. The second-order valence-electron chi connectivity index (χ2n) is 4.21. The Kier molecular flexibility index (Phi) is 4.98. The van der Waals surface area contributed by atoms with E-state index in [-0.39, 0.29) is 6.61 Å². The number of likely N-dealkylation sites (N-methyl/N-ethyl adjacent to an activating group) is 1. The van der Waals surface area contributed by atoms with Crippen LogP contribution < -0.4 is 9.88 Å². The second kappa shape index (κ2) is 6.11. The summed E-state index contributed by atoms with van der Waals surface area (Å²) in [5.74, 6) is -1.76. The molecule has 1 aromatic rings. The highest BCUT2D eigenvalue weighted by Crippen LogP contribution is 2.31. The maximum atomic E-state index is 13.8. The van der Waals surface area contributed by atoms with E-state index in [1.165, 1.54) is 0 Å². The average molecular weight is 307 g/mol. The monoisotopic (exact) mass is 307 g/mol. The highest BCUT2D eigenvalue weighted by Gasteiger charge is 2.24. The maximum absolute atomic E-state index is 13.8. The van der Waals surface area contributed by atoms with Gasteiger partial charge >= 0.3 is 0 Å². The molecule has 0 saturated heterocycles. The third kappa shape index (κ3) is 4.11. The molecule has 0 aliphatic rings. The molecule has 0 bridgehead atoms. The summed E-state index contributed by atoms with van der Waals surface area (Å²) in [6.45, 7) is 0.407. The van der Waals surface area contributed by atoms with E-state index in [1.54, 1.807) is 19.0 Å². The van der Waals surface area contributed by atoms with Crippen LogP contribution in [-0.2, 0) is 10.0 Å². The normalized spacial score (nSPS) is 11.7.